The van der Waals surface area contributed by atoms with Crippen LogP contribution in [0.1, 0.15) is 18.5 Å². The van der Waals surface area contributed by atoms with Gasteiger partial charge in [-0.15, -0.1) is 0 Å². The van der Waals surface area contributed by atoms with E-state index in [0.29, 0.717) is 0 Å². The molecular formula is C9H16N4. The monoisotopic (exact) mass is 180 g/mol. The Morgan fingerprint density at radius 2 is 2.31 bits per heavy atom. The van der Waals surface area contributed by atoms with Crippen molar-refractivity contribution in [3.8, 4) is 0 Å². The Bertz CT molecular complexity index is 262. The highest BCUT2D eigenvalue weighted by molar-refractivity contribution is 5.32. The Balaban J connectivity index is 2.03. The number of H-pyrrole nitrogens is 1. The van der Waals surface area contributed by atoms with Gasteiger partial charge in [0, 0.05) is 19.6 Å². The van der Waals surface area contributed by atoms with Gasteiger partial charge in [0.25, 0.3) is 0 Å². The number of nitrogens with one attached hydrogen (secondary N) is 2. The van der Waals surface area contributed by atoms with E-state index in [1.54, 1.807) is 0 Å². The fourth-order valence-electron chi connectivity index (χ4n) is 1.72. The Morgan fingerprint density at radius 3 is 3.00 bits per heavy atom. The molecule has 13 heavy (non-hydrogen) atoms. The van der Waals surface area contributed by atoms with Gasteiger partial charge in [-0.1, -0.05) is 0 Å². The number of nitrogens with zero attached hydrogens (tertiary/aromatic N) is 2. The Hall–Kier alpha value is -1.03. The Labute approximate surface area is 78.4 Å². The van der Waals surface area contributed by atoms with Crippen LogP contribution in [0.5, 0.6) is 0 Å². The standard InChI is InChI=1S/C9H16N4/c1-10-6-8-7-11-9(12-8)13-4-2-3-5-13/h7,10H,2-6H2,1H3,(H,11,12). The molecule has 0 bridgehead atoms. The summed E-state index contributed by atoms with van der Waals surface area (Å²) in [6, 6.07) is 0. The second-order valence-corrected chi connectivity index (χ2v) is 3.46. The average molecular weight is 180 g/mol. The molecule has 1 aliphatic rings. The Morgan fingerprint density at radius 1 is 1.54 bits per heavy atom. The number of rotatable bonds is 3. The Kier molecular flexibility index (Phi) is 2.49. The predicted octanol–water partition coefficient (Wildman–Crippen LogP) is 0.729. The topological polar surface area (TPSA) is 44.0 Å². The fraction of sp³-hybridized carbons (Fsp3) is 0.667. The summed E-state index contributed by atoms with van der Waals surface area (Å²) in [6.07, 6.45) is 4.49. The van der Waals surface area contributed by atoms with E-state index in [2.05, 4.69) is 20.2 Å². The zero-order valence-corrected chi connectivity index (χ0v) is 8.01. The lowest BCUT2D eigenvalue weighted by atomic mass is 10.4. The van der Waals surface area contributed by atoms with Crippen molar-refractivity contribution < 1.29 is 0 Å². The van der Waals surface area contributed by atoms with Gasteiger partial charge < -0.3 is 15.2 Å². The molecule has 0 atom stereocenters. The molecule has 2 rings (SSSR count). The summed E-state index contributed by atoms with van der Waals surface area (Å²) in [7, 11) is 1.94. The first-order chi connectivity index (χ1) is 6.40. The van der Waals surface area contributed by atoms with Crippen LogP contribution in [0.3, 0.4) is 0 Å². The summed E-state index contributed by atoms with van der Waals surface area (Å²) in [5.41, 5.74) is 1.16. The van der Waals surface area contributed by atoms with Crippen molar-refractivity contribution >= 4 is 5.95 Å². The minimum atomic E-state index is 0.862. The summed E-state index contributed by atoms with van der Waals surface area (Å²) in [5, 5.41) is 3.10. The van der Waals surface area contributed by atoms with Crippen LogP contribution in [0.15, 0.2) is 6.20 Å². The van der Waals surface area contributed by atoms with E-state index in [1.807, 2.05) is 13.2 Å². The molecule has 0 amide bonds. The predicted molar refractivity (Wildman–Crippen MR) is 52.8 cm³/mol. The van der Waals surface area contributed by atoms with Gasteiger partial charge in [0.2, 0.25) is 5.95 Å². The average Bonchev–Trinajstić information content (AvgIpc) is 2.70. The molecule has 72 valence electrons. The SMILES string of the molecule is CNCc1cnc(N2CCCC2)[nH]1. The molecule has 4 nitrogen and oxygen atoms in total. The van der Waals surface area contributed by atoms with Gasteiger partial charge in [0.1, 0.15) is 0 Å². The van der Waals surface area contributed by atoms with E-state index in [0.717, 1.165) is 31.3 Å². The summed E-state index contributed by atoms with van der Waals surface area (Å²) < 4.78 is 0. The van der Waals surface area contributed by atoms with Gasteiger partial charge in [0.15, 0.2) is 0 Å². The second-order valence-electron chi connectivity index (χ2n) is 3.46. The third kappa shape index (κ3) is 1.83. The van der Waals surface area contributed by atoms with Gasteiger partial charge in [0.05, 0.1) is 11.9 Å². The minimum Gasteiger partial charge on any atom is -0.342 e. The van der Waals surface area contributed by atoms with Crippen LogP contribution in [0.4, 0.5) is 5.95 Å². The summed E-state index contributed by atoms with van der Waals surface area (Å²) in [6.45, 7) is 3.15. The van der Waals surface area contributed by atoms with Gasteiger partial charge in [-0.25, -0.2) is 4.98 Å². The van der Waals surface area contributed by atoms with Crippen molar-refractivity contribution in [2.24, 2.45) is 0 Å². The zero-order valence-electron chi connectivity index (χ0n) is 8.01. The molecule has 0 aliphatic carbocycles. The molecule has 1 fully saturated rings. The van der Waals surface area contributed by atoms with Crippen LogP contribution in [-0.4, -0.2) is 30.1 Å². The number of hydrogen-bond donors (Lipinski definition) is 2. The molecule has 0 spiro atoms. The highest BCUT2D eigenvalue weighted by Crippen LogP contribution is 2.15. The lowest BCUT2D eigenvalue weighted by Crippen LogP contribution is -2.19. The van der Waals surface area contributed by atoms with E-state index in [9.17, 15) is 0 Å². The smallest absolute Gasteiger partial charge is 0.202 e. The highest BCUT2D eigenvalue weighted by Gasteiger charge is 2.14. The van der Waals surface area contributed by atoms with Crippen LogP contribution < -0.4 is 10.2 Å². The number of hydrogen-bond acceptors (Lipinski definition) is 3. The van der Waals surface area contributed by atoms with Crippen molar-refractivity contribution in [2.45, 2.75) is 19.4 Å². The number of aromatic amines is 1. The van der Waals surface area contributed by atoms with Crippen molar-refractivity contribution in [1.82, 2.24) is 15.3 Å². The van der Waals surface area contributed by atoms with Crippen molar-refractivity contribution in [1.29, 1.82) is 0 Å². The molecule has 4 heteroatoms. The molecule has 1 aromatic heterocycles. The van der Waals surface area contributed by atoms with Gasteiger partial charge in [-0.05, 0) is 19.9 Å². The molecule has 1 aromatic rings. The molecule has 0 saturated carbocycles. The maximum Gasteiger partial charge on any atom is 0.202 e. The van der Waals surface area contributed by atoms with Crippen LogP contribution >= 0.6 is 0 Å². The highest BCUT2D eigenvalue weighted by atomic mass is 15.3. The molecule has 2 N–H and O–H groups in total. The third-order valence-electron chi connectivity index (χ3n) is 2.39. The van der Waals surface area contributed by atoms with E-state index >= 15 is 0 Å². The molecule has 1 aliphatic heterocycles. The number of imidazole rings is 1. The zero-order chi connectivity index (χ0) is 9.10. The molecule has 2 heterocycles. The van der Waals surface area contributed by atoms with E-state index < -0.39 is 0 Å². The molecule has 0 unspecified atom stereocenters. The minimum absolute atomic E-state index is 0.862. The summed E-state index contributed by atoms with van der Waals surface area (Å²) in [4.78, 5) is 9.96. The maximum absolute atomic E-state index is 4.35. The van der Waals surface area contributed by atoms with E-state index in [4.69, 9.17) is 0 Å². The lowest BCUT2D eigenvalue weighted by molar-refractivity contribution is 0.794. The van der Waals surface area contributed by atoms with Gasteiger partial charge >= 0.3 is 0 Å². The molecule has 0 radical (unpaired) electrons. The summed E-state index contributed by atoms with van der Waals surface area (Å²) >= 11 is 0. The van der Waals surface area contributed by atoms with Crippen LogP contribution in [0.25, 0.3) is 0 Å². The first-order valence-electron chi connectivity index (χ1n) is 4.83. The quantitative estimate of drug-likeness (QED) is 0.720. The third-order valence-corrected chi connectivity index (χ3v) is 2.39. The van der Waals surface area contributed by atoms with Crippen LogP contribution in [0.2, 0.25) is 0 Å². The first-order valence-corrected chi connectivity index (χ1v) is 4.83. The second kappa shape index (κ2) is 3.79. The fourth-order valence-corrected chi connectivity index (χ4v) is 1.72. The van der Waals surface area contributed by atoms with Crippen LogP contribution in [0, 0.1) is 0 Å². The number of aromatic nitrogens is 2. The molecule has 1 saturated heterocycles. The van der Waals surface area contributed by atoms with E-state index in [-0.39, 0.29) is 0 Å². The van der Waals surface area contributed by atoms with Crippen molar-refractivity contribution in [3.63, 3.8) is 0 Å². The maximum atomic E-state index is 4.35. The van der Waals surface area contributed by atoms with Crippen molar-refractivity contribution in [3.05, 3.63) is 11.9 Å². The van der Waals surface area contributed by atoms with Gasteiger partial charge in [-0.2, -0.15) is 0 Å². The molecule has 0 aromatic carbocycles. The normalized spacial score (nSPS) is 16.8. The van der Waals surface area contributed by atoms with Gasteiger partial charge in [-0.3, -0.25) is 0 Å². The number of anilines is 1. The molecular weight excluding hydrogens is 164 g/mol. The van der Waals surface area contributed by atoms with E-state index in [1.165, 1.54) is 12.8 Å². The van der Waals surface area contributed by atoms with Crippen LogP contribution in [-0.2, 0) is 6.54 Å². The summed E-state index contributed by atoms with van der Waals surface area (Å²) in [5.74, 6) is 1.03. The lowest BCUT2D eigenvalue weighted by Gasteiger charge is -2.12. The largest absolute Gasteiger partial charge is 0.342 e. The first kappa shape index (κ1) is 8.56. The van der Waals surface area contributed by atoms with Crippen molar-refractivity contribution in [2.75, 3.05) is 25.0 Å².